The van der Waals surface area contributed by atoms with Crippen molar-refractivity contribution < 1.29 is 4.42 Å². The molecule has 2 aromatic heterocycles. The van der Waals surface area contributed by atoms with Crippen molar-refractivity contribution in [3.63, 3.8) is 0 Å². The van der Waals surface area contributed by atoms with Crippen LogP contribution in [0.3, 0.4) is 0 Å². The van der Waals surface area contributed by atoms with E-state index in [-0.39, 0.29) is 5.41 Å². The molecule has 0 fully saturated rings. The zero-order valence-electron chi connectivity index (χ0n) is 32.6. The quantitative estimate of drug-likeness (QED) is 0.163. The van der Waals surface area contributed by atoms with Gasteiger partial charge in [-0.2, -0.15) is 0 Å². The van der Waals surface area contributed by atoms with Crippen LogP contribution < -0.4 is 0 Å². The van der Waals surface area contributed by atoms with E-state index in [9.17, 15) is 0 Å². The Labute approximate surface area is 345 Å². The Kier molecular flexibility index (Phi) is 6.73. The SMILES string of the molecule is CC1(C)c2ccccc2-c2c(-c3c4ccccc4c(-c4ccc(-c5ccc6c(ccc7c8cc9c(cc8sc67)oc6ccccc69)c5)cc4)c4ccccc34)cccc21. The first kappa shape index (κ1) is 33.0. The number of benzene rings is 10. The van der Waals surface area contributed by atoms with Crippen LogP contribution in [-0.4, -0.2) is 0 Å². The fourth-order valence-electron chi connectivity index (χ4n) is 10.5. The van der Waals surface area contributed by atoms with Crippen LogP contribution in [0.4, 0.5) is 0 Å². The number of hydrogen-bond acceptors (Lipinski definition) is 2. The Hall–Kier alpha value is -7.00. The molecule has 1 aliphatic carbocycles. The molecule has 13 rings (SSSR count). The molecule has 0 spiro atoms. The lowest BCUT2D eigenvalue weighted by Crippen LogP contribution is -2.14. The lowest BCUT2D eigenvalue weighted by molar-refractivity contribution is 0.660. The third kappa shape index (κ3) is 4.61. The van der Waals surface area contributed by atoms with E-state index in [1.807, 2.05) is 17.4 Å². The fraction of sp³-hybridized carbons (Fsp3) is 0.0526. The highest BCUT2D eigenvalue weighted by molar-refractivity contribution is 7.26. The molecule has 10 aromatic carbocycles. The molecule has 276 valence electrons. The standard InChI is InChI=1S/C57H36OS/c1-57(2)48-19-9-7-17-44(48)55-45(18-11-20-49(55)57)54-41-15-5-3-13-39(41)53(40-14-4-6-16-42(40)54)34-24-22-33(23-25-34)35-26-28-37-36(30-35)27-29-43-47-31-46-38-12-8-10-21-50(38)58-51(46)32-52(47)59-56(37)43/h3-32H,1-2H3. The molecule has 2 heterocycles. The van der Waals surface area contributed by atoms with Gasteiger partial charge >= 0.3 is 0 Å². The molecule has 0 amide bonds. The van der Waals surface area contributed by atoms with Gasteiger partial charge in [-0.1, -0.05) is 172 Å². The van der Waals surface area contributed by atoms with Crippen LogP contribution in [0.2, 0.25) is 0 Å². The molecular formula is C57H36OS. The second-order valence-corrected chi connectivity index (χ2v) is 17.8. The Bertz CT molecular complexity index is 3690. The number of thiophene rings is 1. The molecule has 59 heavy (non-hydrogen) atoms. The predicted octanol–water partition coefficient (Wildman–Crippen LogP) is 16.7. The van der Waals surface area contributed by atoms with Crippen LogP contribution in [0.1, 0.15) is 25.0 Å². The van der Waals surface area contributed by atoms with Crippen molar-refractivity contribution in [2.45, 2.75) is 19.3 Å². The van der Waals surface area contributed by atoms with Crippen molar-refractivity contribution in [1.82, 2.24) is 0 Å². The van der Waals surface area contributed by atoms with Gasteiger partial charge in [0.2, 0.25) is 0 Å². The number of hydrogen-bond donors (Lipinski definition) is 0. The minimum atomic E-state index is -0.0605. The third-order valence-corrected chi connectivity index (χ3v) is 14.5. The fourth-order valence-corrected chi connectivity index (χ4v) is 11.7. The van der Waals surface area contributed by atoms with Gasteiger partial charge in [0.25, 0.3) is 0 Å². The van der Waals surface area contributed by atoms with Gasteiger partial charge in [-0.25, -0.2) is 0 Å². The topological polar surface area (TPSA) is 13.1 Å². The van der Waals surface area contributed by atoms with E-state index in [4.69, 9.17) is 4.42 Å². The summed E-state index contributed by atoms with van der Waals surface area (Å²) >= 11 is 1.86. The summed E-state index contributed by atoms with van der Waals surface area (Å²) in [5.74, 6) is 0. The van der Waals surface area contributed by atoms with Crippen LogP contribution in [0.25, 0.3) is 119 Å². The molecule has 0 bridgehead atoms. The van der Waals surface area contributed by atoms with Crippen LogP contribution in [0.5, 0.6) is 0 Å². The lowest BCUT2D eigenvalue weighted by atomic mass is 9.80. The van der Waals surface area contributed by atoms with Crippen molar-refractivity contribution in [1.29, 1.82) is 0 Å². The maximum absolute atomic E-state index is 6.25. The summed E-state index contributed by atoms with van der Waals surface area (Å²) in [5.41, 5.74) is 14.9. The summed E-state index contributed by atoms with van der Waals surface area (Å²) in [6, 6.07) is 67.6. The number of fused-ring (bicyclic) bond motifs is 13. The molecule has 1 aliphatic rings. The van der Waals surface area contributed by atoms with E-state index in [1.54, 1.807) is 0 Å². The summed E-state index contributed by atoms with van der Waals surface area (Å²) in [6.45, 7) is 4.73. The summed E-state index contributed by atoms with van der Waals surface area (Å²) in [7, 11) is 0. The average Bonchev–Trinajstić information content (AvgIpc) is 3.91. The lowest BCUT2D eigenvalue weighted by Gasteiger charge is -2.22. The zero-order valence-corrected chi connectivity index (χ0v) is 33.5. The molecule has 0 N–H and O–H groups in total. The summed E-state index contributed by atoms with van der Waals surface area (Å²) in [4.78, 5) is 0. The summed E-state index contributed by atoms with van der Waals surface area (Å²) < 4.78 is 8.83. The van der Waals surface area contributed by atoms with Crippen molar-refractivity contribution in [3.05, 3.63) is 193 Å². The highest BCUT2D eigenvalue weighted by Gasteiger charge is 2.37. The van der Waals surface area contributed by atoms with Crippen LogP contribution >= 0.6 is 11.3 Å². The monoisotopic (exact) mass is 768 g/mol. The Balaban J connectivity index is 0.930. The van der Waals surface area contributed by atoms with Gasteiger partial charge in [-0.3, -0.25) is 0 Å². The normalized spacial score (nSPS) is 13.4. The number of para-hydroxylation sites is 1. The minimum absolute atomic E-state index is 0.0605. The molecule has 0 saturated heterocycles. The van der Waals surface area contributed by atoms with Gasteiger partial charge in [0.1, 0.15) is 11.2 Å². The molecule has 1 nitrogen and oxygen atoms in total. The van der Waals surface area contributed by atoms with Gasteiger partial charge < -0.3 is 4.42 Å². The molecule has 2 heteroatoms. The van der Waals surface area contributed by atoms with Gasteiger partial charge in [-0.05, 0) is 112 Å². The average molecular weight is 769 g/mol. The van der Waals surface area contributed by atoms with Gasteiger partial charge in [-0.15, -0.1) is 11.3 Å². The van der Waals surface area contributed by atoms with Crippen molar-refractivity contribution in [2.75, 3.05) is 0 Å². The Morgan fingerprint density at radius 1 is 0.373 bits per heavy atom. The maximum Gasteiger partial charge on any atom is 0.136 e. The Morgan fingerprint density at radius 3 is 1.76 bits per heavy atom. The smallest absolute Gasteiger partial charge is 0.136 e. The van der Waals surface area contributed by atoms with E-state index >= 15 is 0 Å². The van der Waals surface area contributed by atoms with E-state index in [0.29, 0.717) is 0 Å². The van der Waals surface area contributed by atoms with E-state index in [1.165, 1.54) is 119 Å². The van der Waals surface area contributed by atoms with E-state index in [0.717, 1.165) is 11.2 Å². The van der Waals surface area contributed by atoms with Crippen LogP contribution in [0, 0.1) is 0 Å². The first-order chi connectivity index (χ1) is 29.0. The molecule has 0 unspecified atom stereocenters. The number of rotatable bonds is 3. The van der Waals surface area contributed by atoms with Crippen LogP contribution in [-0.2, 0) is 5.41 Å². The van der Waals surface area contributed by atoms with Crippen molar-refractivity contribution in [2.24, 2.45) is 0 Å². The Morgan fingerprint density at radius 2 is 0.983 bits per heavy atom. The predicted molar refractivity (Wildman–Crippen MR) is 253 cm³/mol. The van der Waals surface area contributed by atoms with Gasteiger partial charge in [0, 0.05) is 36.4 Å². The second-order valence-electron chi connectivity index (χ2n) is 16.7. The number of furan rings is 1. The molecule has 0 saturated carbocycles. The largest absolute Gasteiger partial charge is 0.456 e. The van der Waals surface area contributed by atoms with E-state index in [2.05, 4.69) is 190 Å². The first-order valence-corrected chi connectivity index (χ1v) is 21.3. The molecular weight excluding hydrogens is 733 g/mol. The van der Waals surface area contributed by atoms with Crippen molar-refractivity contribution in [3.8, 4) is 44.5 Å². The zero-order chi connectivity index (χ0) is 39.0. The third-order valence-electron chi connectivity index (χ3n) is 13.3. The molecule has 12 aromatic rings. The van der Waals surface area contributed by atoms with Gasteiger partial charge in [0.15, 0.2) is 0 Å². The van der Waals surface area contributed by atoms with E-state index < -0.39 is 0 Å². The summed E-state index contributed by atoms with van der Waals surface area (Å²) in [6.07, 6.45) is 0. The second kappa shape index (κ2) is 12.0. The van der Waals surface area contributed by atoms with Gasteiger partial charge in [0.05, 0.1) is 0 Å². The first-order valence-electron chi connectivity index (χ1n) is 20.5. The molecule has 0 aliphatic heterocycles. The highest BCUT2D eigenvalue weighted by atomic mass is 32.1. The highest BCUT2D eigenvalue weighted by Crippen LogP contribution is 2.54. The molecule has 0 radical (unpaired) electrons. The van der Waals surface area contributed by atoms with Crippen LogP contribution in [0.15, 0.2) is 186 Å². The maximum atomic E-state index is 6.25. The molecule has 0 atom stereocenters. The minimum Gasteiger partial charge on any atom is -0.456 e. The summed E-state index contributed by atoms with van der Waals surface area (Å²) in [5, 5.41) is 12.6. The van der Waals surface area contributed by atoms with Crippen molar-refractivity contribution >= 4 is 85.8 Å².